The van der Waals surface area contributed by atoms with Gasteiger partial charge in [0.2, 0.25) is 0 Å². The minimum atomic E-state index is -4.36. The van der Waals surface area contributed by atoms with Gasteiger partial charge in [-0.25, -0.2) is 4.98 Å². The molecule has 0 unspecified atom stereocenters. The number of hydrogen-bond donors (Lipinski definition) is 0. The van der Waals surface area contributed by atoms with E-state index in [1.54, 1.807) is 0 Å². The Hall–Kier alpha value is -9.90. The van der Waals surface area contributed by atoms with Gasteiger partial charge in [0.05, 0.1) is 22.1 Å². The lowest BCUT2D eigenvalue weighted by atomic mass is 10.1. The Morgan fingerprint density at radius 3 is 0.705 bits per heavy atom. The molecule has 4 heterocycles. The zero-order valence-electron chi connectivity index (χ0n) is 47.9. The Morgan fingerprint density at radius 1 is 0.205 bits per heavy atom. The van der Waals surface area contributed by atoms with Gasteiger partial charge in [0.1, 0.15) is 11.6 Å². The molecule has 0 spiro atoms. The highest BCUT2D eigenvalue weighted by molar-refractivity contribution is 7.16. The average Bonchev–Trinajstić information content (AvgIpc) is 0.967. The van der Waals surface area contributed by atoms with Crippen molar-refractivity contribution in [3.63, 3.8) is 0 Å². The van der Waals surface area contributed by atoms with E-state index < -0.39 is 34.2 Å². The van der Waals surface area contributed by atoms with Crippen LogP contribution in [0.25, 0.3) is 66.4 Å². The molecule has 11 heteroatoms. The van der Waals surface area contributed by atoms with Crippen LogP contribution in [-0.4, -0.2) is 48.4 Å². The highest BCUT2D eigenvalue weighted by Crippen LogP contribution is 2.38. The van der Waals surface area contributed by atoms with Crippen molar-refractivity contribution in [3.05, 3.63) is 346 Å². The maximum Gasteiger partial charge on any atom is 0.390 e. The number of aromatic nitrogens is 3. The summed E-state index contributed by atoms with van der Waals surface area (Å²) in [7, 11) is -16.9. The fourth-order valence-electron chi connectivity index (χ4n) is 13.2. The van der Waals surface area contributed by atoms with Gasteiger partial charge in [-0.15, -0.1) is 0 Å². The lowest BCUT2D eigenvalue weighted by Crippen LogP contribution is -2.88. The van der Waals surface area contributed by atoms with Crippen LogP contribution in [0.4, 0.5) is 0 Å². The summed E-state index contributed by atoms with van der Waals surface area (Å²) in [6, 6.07) is 122. The Balaban J connectivity index is 1.03. The van der Waals surface area contributed by atoms with Gasteiger partial charge in [-0.1, -0.05) is 309 Å². The number of benzene rings is 12. The molecule has 15 aromatic rings. The number of rotatable bonds is 11. The minimum Gasteiger partial charge on any atom is -0.402 e. The van der Waals surface area contributed by atoms with Crippen molar-refractivity contribution in [3.8, 4) is 22.8 Å². The van der Waals surface area contributed by atoms with Crippen molar-refractivity contribution in [1.29, 1.82) is 0 Å². The molecule has 0 N–H and O–H groups in total. The fraction of sp³-hybridized carbons (Fsp3) is 0. The molecule has 0 saturated carbocycles. The summed E-state index contributed by atoms with van der Waals surface area (Å²) in [6.07, 6.45) is 0. The second kappa shape index (κ2) is 22.1. The standard InChI is InChI=1S/C77H57N3O4Si4/c1-8-32-60(33-9-1)85(61-34-10-2-11-35-61)81-86(62-36-12-3-13-37-62,63-38-14-4-15-39-63)83-88(66-44-20-7-21-45-66,84-87(82-85,64-40-16-5-17-41-64)65-42-18-6-19-43-65)67-46-30-31-58(55-67)59-56-76(79-72-51-26-22-47-68(72)69-48-23-27-52-73(69)79)78-77(57-59)80-74-53-28-24-49-70(74)71-50-25-29-54-75(71)80/h1-57H. The van der Waals surface area contributed by atoms with Gasteiger partial charge in [-0.2, -0.15) is 0 Å². The van der Waals surface area contributed by atoms with E-state index in [0.29, 0.717) is 0 Å². The van der Waals surface area contributed by atoms with Crippen molar-refractivity contribution in [2.75, 3.05) is 0 Å². The van der Waals surface area contributed by atoms with Crippen LogP contribution >= 0.6 is 0 Å². The van der Waals surface area contributed by atoms with Crippen LogP contribution in [0.1, 0.15) is 0 Å². The van der Waals surface area contributed by atoms with Crippen LogP contribution in [0, 0.1) is 0 Å². The van der Waals surface area contributed by atoms with E-state index in [4.69, 9.17) is 21.4 Å². The van der Waals surface area contributed by atoms with Gasteiger partial charge < -0.3 is 16.5 Å². The number of para-hydroxylation sites is 4. The third kappa shape index (κ3) is 8.86. The molecule has 0 radical (unpaired) electrons. The van der Waals surface area contributed by atoms with Crippen LogP contribution in [0.3, 0.4) is 0 Å². The molecule has 12 aromatic carbocycles. The maximum atomic E-state index is 8.96. The van der Waals surface area contributed by atoms with Crippen molar-refractivity contribution < 1.29 is 16.5 Å². The van der Waals surface area contributed by atoms with Crippen molar-refractivity contribution in [2.24, 2.45) is 0 Å². The van der Waals surface area contributed by atoms with Crippen molar-refractivity contribution >= 4 is 119 Å². The number of hydrogen-bond acceptors (Lipinski definition) is 5. The molecule has 3 aromatic heterocycles. The number of pyridine rings is 1. The lowest BCUT2D eigenvalue weighted by molar-refractivity contribution is 0.268. The summed E-state index contributed by atoms with van der Waals surface area (Å²) in [5, 5.41) is 12.0. The zero-order chi connectivity index (χ0) is 58.5. The van der Waals surface area contributed by atoms with Gasteiger partial charge >= 0.3 is 34.2 Å². The maximum absolute atomic E-state index is 8.96. The smallest absolute Gasteiger partial charge is 0.390 e. The molecular weight excluding hydrogens is 1140 g/mol. The molecule has 1 aliphatic rings. The second-order valence-corrected chi connectivity index (χ2v) is 35.1. The summed E-state index contributed by atoms with van der Waals surface area (Å²) in [5.41, 5.74) is 6.19. The van der Waals surface area contributed by atoms with E-state index in [1.807, 2.05) is 0 Å². The van der Waals surface area contributed by atoms with Crippen LogP contribution in [0.2, 0.25) is 0 Å². The molecule has 1 saturated heterocycles. The summed E-state index contributed by atoms with van der Waals surface area (Å²) >= 11 is 0. The summed E-state index contributed by atoms with van der Waals surface area (Å²) in [5.74, 6) is 1.57. The third-order valence-electron chi connectivity index (χ3n) is 17.2. The summed E-state index contributed by atoms with van der Waals surface area (Å²) < 4.78 is 40.1. The highest BCUT2D eigenvalue weighted by atomic mass is 28.5. The Morgan fingerprint density at radius 2 is 0.432 bits per heavy atom. The predicted octanol–water partition coefficient (Wildman–Crippen LogP) is 12.3. The van der Waals surface area contributed by atoms with Gasteiger partial charge in [0, 0.05) is 21.5 Å². The van der Waals surface area contributed by atoms with E-state index in [1.165, 1.54) is 0 Å². The van der Waals surface area contributed by atoms with E-state index in [9.17, 15) is 0 Å². The monoisotopic (exact) mass is 1200 g/mol. The first-order valence-electron chi connectivity index (χ1n) is 29.8. The second-order valence-electron chi connectivity index (χ2n) is 22.3. The topological polar surface area (TPSA) is 59.7 Å². The molecule has 420 valence electrons. The lowest BCUT2D eigenvalue weighted by Gasteiger charge is -2.53. The third-order valence-corrected chi connectivity index (χ3v) is 35.1. The first-order valence-corrected chi connectivity index (χ1v) is 37.1. The molecule has 7 nitrogen and oxygen atoms in total. The van der Waals surface area contributed by atoms with Gasteiger partial charge in [0.15, 0.2) is 0 Å². The largest absolute Gasteiger partial charge is 0.402 e. The quantitative estimate of drug-likeness (QED) is 0.121. The fourth-order valence-corrected chi connectivity index (χ4v) is 35.8. The molecular formula is C77H57N3O4Si4. The van der Waals surface area contributed by atoms with E-state index in [-0.39, 0.29) is 0 Å². The van der Waals surface area contributed by atoms with E-state index in [0.717, 1.165) is 108 Å². The predicted molar refractivity (Wildman–Crippen MR) is 368 cm³/mol. The van der Waals surface area contributed by atoms with Crippen LogP contribution < -0.4 is 41.5 Å². The molecule has 0 atom stereocenters. The summed E-state index contributed by atoms with van der Waals surface area (Å²) in [6.45, 7) is 0. The van der Waals surface area contributed by atoms with E-state index in [2.05, 4.69) is 355 Å². The molecule has 1 aliphatic heterocycles. The molecule has 1 fully saturated rings. The van der Waals surface area contributed by atoms with Gasteiger partial charge in [0.25, 0.3) is 0 Å². The molecule has 0 amide bonds. The Labute approximate surface area is 515 Å². The molecule has 16 rings (SSSR count). The van der Waals surface area contributed by atoms with Gasteiger partial charge in [-0.3, -0.25) is 9.13 Å². The number of fused-ring (bicyclic) bond motifs is 6. The van der Waals surface area contributed by atoms with Crippen LogP contribution in [0.15, 0.2) is 346 Å². The van der Waals surface area contributed by atoms with Crippen molar-refractivity contribution in [2.45, 2.75) is 0 Å². The molecule has 88 heavy (non-hydrogen) atoms. The SMILES string of the molecule is c1ccc([Si]2(c3ccccc3)O[Si](c3ccccc3)(c3ccccc3)O[Si](c3ccccc3)(c3cccc(-c4cc(-n5c6ccccc6c6ccccc65)nc(-n5c6ccccc6c6ccccc65)c4)c3)O[Si](c3ccccc3)(c3ccccc3)O2)cc1. The Bertz CT molecular complexity index is 4550. The van der Waals surface area contributed by atoms with Crippen molar-refractivity contribution in [1.82, 2.24) is 14.1 Å². The minimum absolute atomic E-state index is 0.787. The number of nitrogens with zero attached hydrogens (tertiary/aromatic N) is 3. The zero-order valence-corrected chi connectivity index (χ0v) is 51.9. The molecule has 0 bridgehead atoms. The normalized spacial score (nSPS) is 15.2. The van der Waals surface area contributed by atoms with Crippen LogP contribution in [0.5, 0.6) is 0 Å². The molecule has 0 aliphatic carbocycles. The van der Waals surface area contributed by atoms with Crippen LogP contribution in [-0.2, 0) is 16.5 Å². The first kappa shape index (κ1) is 53.6. The first-order chi connectivity index (χ1) is 43.5. The summed E-state index contributed by atoms with van der Waals surface area (Å²) in [4.78, 5) is 5.74. The highest BCUT2D eigenvalue weighted by Gasteiger charge is 2.68. The van der Waals surface area contributed by atoms with Gasteiger partial charge in [-0.05, 0) is 89.0 Å². The van der Waals surface area contributed by atoms with E-state index >= 15 is 0 Å². The Kier molecular flexibility index (Phi) is 13.5. The average molecular weight is 1200 g/mol.